The normalized spacial score (nSPS) is 16.3. The van der Waals surface area contributed by atoms with Gasteiger partial charge in [-0.15, -0.1) is 0 Å². The first-order chi connectivity index (χ1) is 15.7. The second-order valence-electron chi connectivity index (χ2n) is 7.82. The van der Waals surface area contributed by atoms with Crippen molar-refractivity contribution in [3.63, 3.8) is 0 Å². The topological polar surface area (TPSA) is 74.3 Å². The summed E-state index contributed by atoms with van der Waals surface area (Å²) in [6.45, 7) is 3.17. The van der Waals surface area contributed by atoms with Gasteiger partial charge in [0.05, 0.1) is 19.2 Å². The van der Waals surface area contributed by atoms with E-state index in [4.69, 9.17) is 9.47 Å². The van der Waals surface area contributed by atoms with Gasteiger partial charge in [0.1, 0.15) is 12.7 Å². The lowest BCUT2D eigenvalue weighted by Gasteiger charge is -2.35. The molecule has 1 unspecified atom stereocenters. The number of rotatable bonds is 9. The van der Waals surface area contributed by atoms with Crippen molar-refractivity contribution >= 4 is 11.6 Å². The van der Waals surface area contributed by atoms with Gasteiger partial charge in [-0.1, -0.05) is 18.2 Å². The minimum Gasteiger partial charge on any atom is -0.493 e. The number of para-hydroxylation sites is 2. The molecule has 0 bridgehead atoms. The molecule has 180 valence electrons. The highest BCUT2D eigenvalue weighted by atomic mass is 19.4. The highest BCUT2D eigenvalue weighted by Crippen LogP contribution is 2.30. The number of nitrogens with zero attached hydrogens (tertiary/aromatic N) is 2. The zero-order valence-electron chi connectivity index (χ0n) is 18.3. The first kappa shape index (κ1) is 24.8. The molecule has 0 saturated carbocycles. The molecule has 33 heavy (non-hydrogen) atoms. The van der Waals surface area contributed by atoms with Crippen molar-refractivity contribution in [1.82, 2.24) is 9.80 Å². The van der Waals surface area contributed by atoms with E-state index in [2.05, 4.69) is 10.2 Å². The Morgan fingerprint density at radius 1 is 1.06 bits per heavy atom. The summed E-state index contributed by atoms with van der Waals surface area (Å²) in [5.74, 6) is 0.797. The number of benzene rings is 2. The molecule has 1 fully saturated rings. The number of carbonyl (C=O) groups excluding carboxylic acids is 1. The van der Waals surface area contributed by atoms with E-state index in [0.717, 1.165) is 12.1 Å². The largest absolute Gasteiger partial charge is 0.493 e. The number of anilines is 1. The number of amides is 1. The SMILES string of the molecule is COc1ccccc1OCC(O)CN1CCN(CC(=O)Nc2cccc(C(F)(F)F)c2)CC1. The average molecular weight is 467 g/mol. The summed E-state index contributed by atoms with van der Waals surface area (Å²) in [5, 5.41) is 12.8. The van der Waals surface area contributed by atoms with Crippen molar-refractivity contribution < 1.29 is 32.5 Å². The lowest BCUT2D eigenvalue weighted by molar-refractivity contribution is -0.137. The van der Waals surface area contributed by atoms with E-state index in [0.29, 0.717) is 44.2 Å². The Kier molecular flexibility index (Phi) is 8.54. The highest BCUT2D eigenvalue weighted by Gasteiger charge is 2.30. The van der Waals surface area contributed by atoms with Gasteiger partial charge in [-0.05, 0) is 30.3 Å². The van der Waals surface area contributed by atoms with Crippen molar-refractivity contribution in [2.75, 3.05) is 58.3 Å². The van der Waals surface area contributed by atoms with Crippen LogP contribution >= 0.6 is 0 Å². The molecule has 1 atom stereocenters. The van der Waals surface area contributed by atoms with Gasteiger partial charge < -0.3 is 19.9 Å². The van der Waals surface area contributed by atoms with Crippen LogP contribution in [0.25, 0.3) is 0 Å². The molecule has 1 amide bonds. The van der Waals surface area contributed by atoms with Crippen LogP contribution < -0.4 is 14.8 Å². The first-order valence-corrected chi connectivity index (χ1v) is 10.6. The molecule has 1 aliphatic heterocycles. The minimum atomic E-state index is -4.46. The molecule has 3 rings (SSSR count). The number of hydrogen-bond donors (Lipinski definition) is 2. The van der Waals surface area contributed by atoms with Gasteiger partial charge in [0.15, 0.2) is 11.5 Å². The zero-order valence-corrected chi connectivity index (χ0v) is 18.3. The molecule has 1 saturated heterocycles. The van der Waals surface area contributed by atoms with Gasteiger partial charge in [0, 0.05) is 38.4 Å². The number of carbonyl (C=O) groups is 1. The quantitative estimate of drug-likeness (QED) is 0.591. The number of piperazine rings is 1. The number of nitrogens with one attached hydrogen (secondary N) is 1. The maximum atomic E-state index is 12.8. The van der Waals surface area contributed by atoms with Crippen molar-refractivity contribution in [3.8, 4) is 11.5 Å². The van der Waals surface area contributed by atoms with Gasteiger partial charge in [-0.3, -0.25) is 14.6 Å². The number of aliphatic hydroxyl groups is 1. The van der Waals surface area contributed by atoms with Crippen LogP contribution in [-0.2, 0) is 11.0 Å². The van der Waals surface area contributed by atoms with Crippen LogP contribution in [0.2, 0.25) is 0 Å². The summed E-state index contributed by atoms with van der Waals surface area (Å²) in [5.41, 5.74) is -0.686. The van der Waals surface area contributed by atoms with Gasteiger partial charge >= 0.3 is 6.18 Å². The average Bonchev–Trinajstić information content (AvgIpc) is 2.79. The van der Waals surface area contributed by atoms with E-state index < -0.39 is 17.8 Å². The molecule has 0 radical (unpaired) electrons. The molecule has 2 N–H and O–H groups in total. The molecule has 1 heterocycles. The molecule has 1 aliphatic rings. The van der Waals surface area contributed by atoms with Crippen LogP contribution in [0, 0.1) is 0 Å². The Labute approximate surface area is 190 Å². The third-order valence-corrected chi connectivity index (χ3v) is 5.28. The van der Waals surface area contributed by atoms with Crippen LogP contribution in [0.15, 0.2) is 48.5 Å². The molecule has 0 aliphatic carbocycles. The number of hydrogen-bond acceptors (Lipinski definition) is 6. The minimum absolute atomic E-state index is 0.0869. The van der Waals surface area contributed by atoms with Crippen molar-refractivity contribution in [2.24, 2.45) is 0 Å². The third-order valence-electron chi connectivity index (χ3n) is 5.28. The third kappa shape index (κ3) is 7.62. The number of halogens is 3. The zero-order chi connectivity index (χ0) is 23.8. The number of ether oxygens (including phenoxy) is 2. The van der Waals surface area contributed by atoms with E-state index in [-0.39, 0.29) is 24.7 Å². The standard InChI is InChI=1S/C23H28F3N3O4/c1-32-20-7-2-3-8-21(20)33-16-19(30)14-28-9-11-29(12-10-28)15-22(31)27-18-6-4-5-17(13-18)23(24,25)26/h2-8,13,19,30H,9-12,14-16H2,1H3,(H,27,31). The molecule has 2 aromatic carbocycles. The van der Waals surface area contributed by atoms with Gasteiger partial charge in [0.25, 0.3) is 0 Å². The van der Waals surface area contributed by atoms with Crippen molar-refractivity contribution in [3.05, 3.63) is 54.1 Å². The molecule has 0 aromatic heterocycles. The number of aliphatic hydroxyl groups excluding tert-OH is 1. The second-order valence-corrected chi connectivity index (χ2v) is 7.82. The fraction of sp³-hybridized carbons (Fsp3) is 0.435. The number of alkyl halides is 3. The summed E-state index contributed by atoms with van der Waals surface area (Å²) in [6.07, 6.45) is -5.15. The molecule has 2 aromatic rings. The first-order valence-electron chi connectivity index (χ1n) is 10.6. The molecular weight excluding hydrogens is 439 g/mol. The predicted octanol–water partition coefficient (Wildman–Crippen LogP) is 2.71. The summed E-state index contributed by atoms with van der Waals surface area (Å²) in [6, 6.07) is 11.8. The Bertz CT molecular complexity index is 918. The molecule has 0 spiro atoms. The maximum absolute atomic E-state index is 12.8. The fourth-order valence-corrected chi connectivity index (χ4v) is 3.58. The fourth-order valence-electron chi connectivity index (χ4n) is 3.58. The highest BCUT2D eigenvalue weighted by molar-refractivity contribution is 5.92. The molecular formula is C23H28F3N3O4. The lowest BCUT2D eigenvalue weighted by atomic mass is 10.2. The smallest absolute Gasteiger partial charge is 0.416 e. The summed E-state index contributed by atoms with van der Waals surface area (Å²) >= 11 is 0. The second kappa shape index (κ2) is 11.4. The number of β-amino-alcohol motifs (C(OH)–C–C–N with tert-alkyl or cyclic N) is 1. The Morgan fingerprint density at radius 2 is 1.73 bits per heavy atom. The predicted molar refractivity (Wildman–Crippen MR) is 117 cm³/mol. The monoisotopic (exact) mass is 467 g/mol. The van der Waals surface area contributed by atoms with Gasteiger partial charge in [-0.2, -0.15) is 13.2 Å². The van der Waals surface area contributed by atoms with Crippen LogP contribution in [0.4, 0.5) is 18.9 Å². The van der Waals surface area contributed by atoms with Crippen molar-refractivity contribution in [1.29, 1.82) is 0 Å². The summed E-state index contributed by atoms with van der Waals surface area (Å²) < 4.78 is 49.3. The van der Waals surface area contributed by atoms with Crippen LogP contribution in [0.3, 0.4) is 0 Å². The van der Waals surface area contributed by atoms with Crippen LogP contribution in [0.5, 0.6) is 11.5 Å². The Morgan fingerprint density at radius 3 is 2.39 bits per heavy atom. The van der Waals surface area contributed by atoms with Gasteiger partial charge in [-0.25, -0.2) is 0 Å². The molecule has 10 heteroatoms. The number of methoxy groups -OCH3 is 1. The van der Waals surface area contributed by atoms with Crippen molar-refractivity contribution in [2.45, 2.75) is 12.3 Å². The maximum Gasteiger partial charge on any atom is 0.416 e. The van der Waals surface area contributed by atoms with Gasteiger partial charge in [0.2, 0.25) is 5.91 Å². The molecule has 7 nitrogen and oxygen atoms in total. The van der Waals surface area contributed by atoms with E-state index in [1.165, 1.54) is 12.1 Å². The summed E-state index contributed by atoms with van der Waals surface area (Å²) in [7, 11) is 1.55. The van der Waals surface area contributed by atoms with E-state index in [1.54, 1.807) is 19.2 Å². The van der Waals surface area contributed by atoms with E-state index in [1.807, 2.05) is 17.0 Å². The Balaban J connectivity index is 1.38. The summed E-state index contributed by atoms with van der Waals surface area (Å²) in [4.78, 5) is 16.3. The van der Waals surface area contributed by atoms with E-state index >= 15 is 0 Å². The van der Waals surface area contributed by atoms with E-state index in [9.17, 15) is 23.1 Å². The van der Waals surface area contributed by atoms with Crippen LogP contribution in [-0.4, -0.2) is 79.9 Å². The lowest BCUT2D eigenvalue weighted by Crippen LogP contribution is -2.50. The Hall–Kier alpha value is -2.82. The van der Waals surface area contributed by atoms with Crippen LogP contribution in [0.1, 0.15) is 5.56 Å².